The predicted molar refractivity (Wildman–Crippen MR) is 120 cm³/mol. The summed E-state index contributed by atoms with van der Waals surface area (Å²) in [6, 6.07) is 5.13. The lowest BCUT2D eigenvalue weighted by Gasteiger charge is -2.37. The van der Waals surface area contributed by atoms with Crippen LogP contribution in [0, 0.1) is 5.82 Å². The third-order valence-electron chi connectivity index (χ3n) is 6.37. The normalized spacial score (nSPS) is 21.8. The van der Waals surface area contributed by atoms with Crippen molar-refractivity contribution in [2.45, 2.75) is 38.7 Å². The molecule has 0 aliphatic carbocycles. The van der Waals surface area contributed by atoms with E-state index in [4.69, 9.17) is 4.84 Å². The minimum atomic E-state index is -0.302. The first-order valence-corrected chi connectivity index (χ1v) is 11.5. The summed E-state index contributed by atoms with van der Waals surface area (Å²) in [5.74, 6) is -0.246. The second-order valence-corrected chi connectivity index (χ2v) is 8.78. The predicted octanol–water partition coefficient (Wildman–Crippen LogP) is 1.59. The first-order valence-electron chi connectivity index (χ1n) is 11.5. The van der Waals surface area contributed by atoms with Gasteiger partial charge in [0.1, 0.15) is 11.9 Å². The minimum Gasteiger partial charge on any atom is -0.390 e. The lowest BCUT2D eigenvalue weighted by molar-refractivity contribution is -0.133. The van der Waals surface area contributed by atoms with Crippen LogP contribution < -0.4 is 10.2 Å². The van der Waals surface area contributed by atoms with Crippen LogP contribution in [-0.2, 0) is 14.4 Å². The number of benzene rings is 1. The van der Waals surface area contributed by atoms with E-state index < -0.39 is 0 Å². The van der Waals surface area contributed by atoms with Gasteiger partial charge >= 0.3 is 0 Å². The molecule has 1 aromatic rings. The van der Waals surface area contributed by atoms with Crippen molar-refractivity contribution in [1.29, 1.82) is 0 Å². The molecule has 0 saturated carbocycles. The largest absolute Gasteiger partial charge is 0.390 e. The number of nitrogens with one attached hydrogen (secondary N) is 1. The fourth-order valence-corrected chi connectivity index (χ4v) is 4.51. The van der Waals surface area contributed by atoms with E-state index >= 15 is 0 Å². The number of nitrogens with zero attached hydrogens (tertiary/aromatic N) is 4. The van der Waals surface area contributed by atoms with Crippen molar-refractivity contribution in [3.05, 3.63) is 29.6 Å². The first-order chi connectivity index (χ1) is 15.5. The van der Waals surface area contributed by atoms with Crippen LogP contribution in [0.1, 0.15) is 38.2 Å². The Bertz CT molecular complexity index is 863. The number of oxime groups is 1. The average Bonchev–Trinajstić information content (AvgIpc) is 3.28. The highest BCUT2D eigenvalue weighted by atomic mass is 19.1. The van der Waals surface area contributed by atoms with Crippen molar-refractivity contribution in [3.63, 3.8) is 0 Å². The number of halogens is 1. The molecule has 32 heavy (non-hydrogen) atoms. The molecule has 8 nitrogen and oxygen atoms in total. The topological polar surface area (TPSA) is 77.5 Å². The molecule has 2 saturated heterocycles. The zero-order chi connectivity index (χ0) is 22.5. The Kier molecular flexibility index (Phi) is 7.24. The summed E-state index contributed by atoms with van der Waals surface area (Å²) in [5, 5.41) is 6.77. The van der Waals surface area contributed by atoms with Crippen molar-refractivity contribution in [3.8, 4) is 0 Å². The van der Waals surface area contributed by atoms with Gasteiger partial charge in [0, 0.05) is 45.1 Å². The van der Waals surface area contributed by atoms with Gasteiger partial charge in [0.05, 0.1) is 24.5 Å². The highest BCUT2D eigenvalue weighted by Gasteiger charge is 2.26. The SMILES string of the molecule is CC(=O)NCC1CC(c2ccc(N3CCN(C(=O)CN4CCCCC4)CC3)c(F)c2)=NO1. The highest BCUT2D eigenvalue weighted by molar-refractivity contribution is 6.01. The van der Waals surface area contributed by atoms with Gasteiger partial charge in [-0.15, -0.1) is 0 Å². The quantitative estimate of drug-likeness (QED) is 0.720. The van der Waals surface area contributed by atoms with E-state index in [2.05, 4.69) is 15.4 Å². The van der Waals surface area contributed by atoms with E-state index in [-0.39, 0.29) is 23.7 Å². The number of carbonyl (C=O) groups excluding carboxylic acids is 2. The van der Waals surface area contributed by atoms with Crippen molar-refractivity contribution in [2.24, 2.45) is 5.16 Å². The summed E-state index contributed by atoms with van der Waals surface area (Å²) < 4.78 is 14.9. The van der Waals surface area contributed by atoms with E-state index in [0.29, 0.717) is 62.7 Å². The fourth-order valence-electron chi connectivity index (χ4n) is 4.51. The Balaban J connectivity index is 1.29. The lowest BCUT2D eigenvalue weighted by atomic mass is 10.0. The molecule has 0 bridgehead atoms. The zero-order valence-corrected chi connectivity index (χ0v) is 18.7. The molecule has 0 radical (unpaired) electrons. The van der Waals surface area contributed by atoms with E-state index in [1.165, 1.54) is 32.3 Å². The van der Waals surface area contributed by atoms with Gasteiger partial charge in [-0.3, -0.25) is 14.5 Å². The van der Waals surface area contributed by atoms with Gasteiger partial charge in [-0.1, -0.05) is 17.6 Å². The van der Waals surface area contributed by atoms with Crippen LogP contribution in [0.25, 0.3) is 0 Å². The average molecular weight is 446 g/mol. The molecule has 2 amide bonds. The summed E-state index contributed by atoms with van der Waals surface area (Å²) >= 11 is 0. The summed E-state index contributed by atoms with van der Waals surface area (Å²) in [4.78, 5) is 35.2. The molecule has 1 aromatic carbocycles. The Morgan fingerprint density at radius 2 is 1.88 bits per heavy atom. The van der Waals surface area contributed by atoms with Crippen LogP contribution in [-0.4, -0.2) is 85.8 Å². The number of hydrogen-bond donors (Lipinski definition) is 1. The number of hydrogen-bond acceptors (Lipinski definition) is 6. The molecule has 1 unspecified atom stereocenters. The van der Waals surface area contributed by atoms with Crippen LogP contribution in [0.3, 0.4) is 0 Å². The smallest absolute Gasteiger partial charge is 0.236 e. The molecule has 1 atom stereocenters. The lowest BCUT2D eigenvalue weighted by Crippen LogP contribution is -2.51. The van der Waals surface area contributed by atoms with Crippen LogP contribution in [0.2, 0.25) is 0 Å². The van der Waals surface area contributed by atoms with Gasteiger partial charge in [-0.05, 0) is 38.1 Å². The maximum atomic E-state index is 14.9. The summed E-state index contributed by atoms with van der Waals surface area (Å²) in [5.41, 5.74) is 1.91. The fraction of sp³-hybridized carbons (Fsp3) is 0.609. The molecular weight excluding hydrogens is 413 g/mol. The van der Waals surface area contributed by atoms with Gasteiger partial charge < -0.3 is 20.0 Å². The third kappa shape index (κ3) is 5.56. The number of piperazine rings is 1. The van der Waals surface area contributed by atoms with Crippen LogP contribution in [0.15, 0.2) is 23.4 Å². The molecule has 0 spiro atoms. The van der Waals surface area contributed by atoms with E-state index in [1.807, 2.05) is 15.9 Å². The molecule has 9 heteroatoms. The molecule has 174 valence electrons. The minimum absolute atomic E-state index is 0.120. The van der Waals surface area contributed by atoms with Crippen molar-refractivity contribution < 1.29 is 18.8 Å². The Morgan fingerprint density at radius 3 is 2.56 bits per heavy atom. The van der Waals surface area contributed by atoms with E-state index in [0.717, 1.165) is 13.1 Å². The van der Waals surface area contributed by atoms with Crippen LogP contribution in [0.4, 0.5) is 10.1 Å². The van der Waals surface area contributed by atoms with Gasteiger partial charge in [0.15, 0.2) is 0 Å². The summed E-state index contributed by atoms with van der Waals surface area (Å²) in [6.45, 7) is 6.80. The zero-order valence-electron chi connectivity index (χ0n) is 18.7. The van der Waals surface area contributed by atoms with Crippen molar-refractivity contribution in [1.82, 2.24) is 15.1 Å². The highest BCUT2D eigenvalue weighted by Crippen LogP contribution is 2.25. The second kappa shape index (κ2) is 10.3. The molecule has 3 heterocycles. The molecule has 3 aliphatic rings. The van der Waals surface area contributed by atoms with Crippen molar-refractivity contribution in [2.75, 3.05) is 57.3 Å². The third-order valence-corrected chi connectivity index (χ3v) is 6.37. The number of likely N-dealkylation sites (tertiary alicyclic amines) is 1. The Hall–Kier alpha value is -2.68. The van der Waals surface area contributed by atoms with E-state index in [1.54, 1.807) is 6.07 Å². The van der Waals surface area contributed by atoms with Crippen molar-refractivity contribution >= 4 is 23.2 Å². The standard InChI is InChI=1S/C23H32FN5O3/c1-17(30)25-15-19-14-21(26-32-19)18-5-6-22(20(24)13-18)28-9-11-29(12-10-28)23(31)16-27-7-3-2-4-8-27/h5-6,13,19H,2-4,7-12,14-16H2,1H3,(H,25,30). The maximum Gasteiger partial charge on any atom is 0.236 e. The van der Waals surface area contributed by atoms with Gasteiger partial charge in [-0.2, -0.15) is 0 Å². The second-order valence-electron chi connectivity index (χ2n) is 8.78. The summed E-state index contributed by atoms with van der Waals surface area (Å²) in [7, 11) is 0. The van der Waals surface area contributed by atoms with Crippen LogP contribution >= 0.6 is 0 Å². The van der Waals surface area contributed by atoms with Gasteiger partial charge in [0.25, 0.3) is 0 Å². The number of anilines is 1. The molecule has 3 aliphatic heterocycles. The van der Waals surface area contributed by atoms with E-state index in [9.17, 15) is 14.0 Å². The molecule has 0 aromatic heterocycles. The molecule has 2 fully saturated rings. The molecule has 4 rings (SSSR count). The molecular formula is C23H32FN5O3. The Labute approximate surface area is 188 Å². The maximum absolute atomic E-state index is 14.9. The number of piperidine rings is 1. The Morgan fingerprint density at radius 1 is 1.12 bits per heavy atom. The first kappa shape index (κ1) is 22.5. The number of rotatable bonds is 6. The van der Waals surface area contributed by atoms with Gasteiger partial charge in [-0.25, -0.2) is 4.39 Å². The van der Waals surface area contributed by atoms with Gasteiger partial charge in [0.2, 0.25) is 11.8 Å². The number of amides is 2. The number of carbonyl (C=O) groups is 2. The summed E-state index contributed by atoms with van der Waals surface area (Å²) in [6.07, 6.45) is 3.89. The molecule has 1 N–H and O–H groups in total. The monoisotopic (exact) mass is 445 g/mol. The van der Waals surface area contributed by atoms with Crippen LogP contribution in [0.5, 0.6) is 0 Å².